The Morgan fingerprint density at radius 1 is 1.00 bits per heavy atom. The molecule has 0 aliphatic carbocycles. The highest BCUT2D eigenvalue weighted by Gasteiger charge is 1.96. The molecule has 0 radical (unpaired) electrons. The number of benzene rings is 1. The standard InChI is InChI=1S/C12H12N2.C2H6/c1-10-9-13-8-7-12(10)14-11-5-3-2-4-6-11;1-2/h2-9H,1H3,(H,13,14);1-2H3. The van der Waals surface area contributed by atoms with Crippen molar-refractivity contribution in [2.45, 2.75) is 20.8 Å². The minimum atomic E-state index is 1.10. The van der Waals surface area contributed by atoms with Gasteiger partial charge in [-0.25, -0.2) is 0 Å². The molecule has 0 saturated heterocycles. The monoisotopic (exact) mass is 214 g/mol. The van der Waals surface area contributed by atoms with Gasteiger partial charge in [-0.2, -0.15) is 0 Å². The molecular weight excluding hydrogens is 196 g/mol. The van der Waals surface area contributed by atoms with Crippen molar-refractivity contribution in [3.63, 3.8) is 0 Å². The summed E-state index contributed by atoms with van der Waals surface area (Å²) in [5.74, 6) is 0. The van der Waals surface area contributed by atoms with Gasteiger partial charge in [0.25, 0.3) is 0 Å². The van der Waals surface area contributed by atoms with Crippen molar-refractivity contribution in [1.82, 2.24) is 4.98 Å². The molecule has 2 nitrogen and oxygen atoms in total. The SMILES string of the molecule is CC.Cc1cnccc1Nc1ccccc1. The highest BCUT2D eigenvalue weighted by atomic mass is 14.9. The van der Waals surface area contributed by atoms with Crippen LogP contribution in [0.5, 0.6) is 0 Å². The molecule has 1 heterocycles. The second-order valence-electron chi connectivity index (χ2n) is 3.18. The average molecular weight is 214 g/mol. The lowest BCUT2D eigenvalue weighted by atomic mass is 10.2. The van der Waals surface area contributed by atoms with E-state index >= 15 is 0 Å². The summed E-state index contributed by atoms with van der Waals surface area (Å²) in [4.78, 5) is 4.05. The number of para-hydroxylation sites is 1. The minimum absolute atomic E-state index is 1.10. The zero-order valence-corrected chi connectivity index (χ0v) is 10.1. The van der Waals surface area contributed by atoms with Crippen molar-refractivity contribution in [2.24, 2.45) is 0 Å². The zero-order valence-electron chi connectivity index (χ0n) is 10.1. The highest BCUT2D eigenvalue weighted by Crippen LogP contribution is 2.18. The van der Waals surface area contributed by atoms with Crippen LogP contribution in [0.1, 0.15) is 19.4 Å². The first-order valence-electron chi connectivity index (χ1n) is 5.59. The Bertz CT molecular complexity index is 410. The molecule has 16 heavy (non-hydrogen) atoms. The Labute approximate surface area is 97.4 Å². The smallest absolute Gasteiger partial charge is 0.0444 e. The summed E-state index contributed by atoms with van der Waals surface area (Å²) in [5, 5.41) is 3.33. The molecular formula is C14H18N2. The van der Waals surface area contributed by atoms with Crippen molar-refractivity contribution in [2.75, 3.05) is 5.32 Å². The molecule has 84 valence electrons. The molecule has 0 aliphatic rings. The van der Waals surface area contributed by atoms with Crippen LogP contribution >= 0.6 is 0 Å². The topological polar surface area (TPSA) is 24.9 Å². The molecule has 0 spiro atoms. The maximum atomic E-state index is 4.05. The van der Waals surface area contributed by atoms with Gasteiger partial charge in [0, 0.05) is 23.8 Å². The summed E-state index contributed by atoms with van der Waals surface area (Å²) in [6.07, 6.45) is 3.64. The summed E-state index contributed by atoms with van der Waals surface area (Å²) in [6, 6.07) is 12.1. The molecule has 0 saturated carbocycles. The summed E-state index contributed by atoms with van der Waals surface area (Å²) < 4.78 is 0. The summed E-state index contributed by atoms with van der Waals surface area (Å²) in [5.41, 5.74) is 3.35. The number of rotatable bonds is 2. The third-order valence-electron chi connectivity index (χ3n) is 2.07. The Balaban J connectivity index is 0.000000606. The lowest BCUT2D eigenvalue weighted by Crippen LogP contribution is -1.92. The van der Waals surface area contributed by atoms with Crippen LogP contribution in [0.4, 0.5) is 11.4 Å². The normalized spacial score (nSPS) is 8.94. The zero-order chi connectivity index (χ0) is 11.8. The van der Waals surface area contributed by atoms with Crippen molar-refractivity contribution in [1.29, 1.82) is 0 Å². The Hall–Kier alpha value is -1.83. The predicted molar refractivity (Wildman–Crippen MR) is 70.0 cm³/mol. The molecule has 2 aromatic rings. The van der Waals surface area contributed by atoms with Crippen LogP contribution in [0.15, 0.2) is 48.8 Å². The van der Waals surface area contributed by atoms with E-state index in [1.807, 2.05) is 63.4 Å². The Kier molecular flexibility index (Phi) is 5.06. The number of pyridine rings is 1. The average Bonchev–Trinajstić information content (AvgIpc) is 2.36. The molecule has 1 aromatic carbocycles. The number of aryl methyl sites for hydroxylation is 1. The fourth-order valence-electron chi connectivity index (χ4n) is 1.29. The minimum Gasteiger partial charge on any atom is -0.355 e. The fourth-order valence-corrected chi connectivity index (χ4v) is 1.29. The summed E-state index contributed by atoms with van der Waals surface area (Å²) in [6.45, 7) is 6.04. The predicted octanol–water partition coefficient (Wildman–Crippen LogP) is 4.16. The third-order valence-corrected chi connectivity index (χ3v) is 2.07. The van der Waals surface area contributed by atoms with Crippen LogP contribution in [-0.4, -0.2) is 4.98 Å². The van der Waals surface area contributed by atoms with Crippen LogP contribution < -0.4 is 5.32 Å². The van der Waals surface area contributed by atoms with Gasteiger partial charge in [-0.1, -0.05) is 32.0 Å². The second-order valence-corrected chi connectivity index (χ2v) is 3.18. The fraction of sp³-hybridized carbons (Fsp3) is 0.214. The van der Waals surface area contributed by atoms with E-state index in [0.717, 1.165) is 16.9 Å². The molecule has 0 bridgehead atoms. The molecule has 0 atom stereocenters. The van der Waals surface area contributed by atoms with E-state index in [-0.39, 0.29) is 0 Å². The number of nitrogens with zero attached hydrogens (tertiary/aromatic N) is 1. The van der Waals surface area contributed by atoms with Crippen molar-refractivity contribution in [3.8, 4) is 0 Å². The van der Waals surface area contributed by atoms with E-state index in [2.05, 4.69) is 10.3 Å². The van der Waals surface area contributed by atoms with E-state index in [1.54, 1.807) is 6.20 Å². The van der Waals surface area contributed by atoms with Gasteiger partial charge in [-0.3, -0.25) is 4.98 Å². The summed E-state index contributed by atoms with van der Waals surface area (Å²) >= 11 is 0. The van der Waals surface area contributed by atoms with Crippen molar-refractivity contribution >= 4 is 11.4 Å². The lowest BCUT2D eigenvalue weighted by Gasteiger charge is -2.07. The molecule has 0 unspecified atom stereocenters. The Morgan fingerprint density at radius 3 is 2.31 bits per heavy atom. The summed E-state index contributed by atoms with van der Waals surface area (Å²) in [7, 11) is 0. The molecule has 0 fully saturated rings. The van der Waals surface area contributed by atoms with Crippen LogP contribution in [0.25, 0.3) is 0 Å². The number of aromatic nitrogens is 1. The first-order chi connectivity index (χ1) is 7.86. The number of nitrogens with one attached hydrogen (secondary N) is 1. The van der Waals surface area contributed by atoms with E-state index in [4.69, 9.17) is 0 Å². The van der Waals surface area contributed by atoms with Gasteiger partial charge >= 0.3 is 0 Å². The molecule has 0 aliphatic heterocycles. The maximum absolute atomic E-state index is 4.05. The van der Waals surface area contributed by atoms with Gasteiger partial charge in [0.05, 0.1) is 0 Å². The largest absolute Gasteiger partial charge is 0.355 e. The van der Waals surface area contributed by atoms with Crippen molar-refractivity contribution in [3.05, 3.63) is 54.4 Å². The van der Waals surface area contributed by atoms with Crippen LogP contribution in [0.3, 0.4) is 0 Å². The quantitative estimate of drug-likeness (QED) is 0.812. The van der Waals surface area contributed by atoms with E-state index in [9.17, 15) is 0 Å². The van der Waals surface area contributed by atoms with Gasteiger partial charge in [0.15, 0.2) is 0 Å². The number of hydrogen-bond acceptors (Lipinski definition) is 2. The van der Waals surface area contributed by atoms with Gasteiger partial charge in [-0.15, -0.1) is 0 Å². The van der Waals surface area contributed by atoms with Gasteiger partial charge < -0.3 is 5.32 Å². The van der Waals surface area contributed by atoms with Crippen molar-refractivity contribution < 1.29 is 0 Å². The van der Waals surface area contributed by atoms with E-state index < -0.39 is 0 Å². The van der Waals surface area contributed by atoms with E-state index in [1.165, 1.54) is 0 Å². The van der Waals surface area contributed by atoms with Crippen LogP contribution in [0.2, 0.25) is 0 Å². The second kappa shape index (κ2) is 6.62. The Morgan fingerprint density at radius 2 is 1.69 bits per heavy atom. The molecule has 1 N–H and O–H groups in total. The van der Waals surface area contributed by atoms with Gasteiger partial charge in [-0.05, 0) is 30.7 Å². The van der Waals surface area contributed by atoms with Crippen LogP contribution in [0, 0.1) is 6.92 Å². The highest BCUT2D eigenvalue weighted by molar-refractivity contribution is 5.61. The first-order valence-corrected chi connectivity index (χ1v) is 5.59. The van der Waals surface area contributed by atoms with Gasteiger partial charge in [0.2, 0.25) is 0 Å². The number of anilines is 2. The van der Waals surface area contributed by atoms with E-state index in [0.29, 0.717) is 0 Å². The molecule has 2 heteroatoms. The molecule has 2 rings (SSSR count). The van der Waals surface area contributed by atoms with Gasteiger partial charge in [0.1, 0.15) is 0 Å². The first kappa shape index (κ1) is 12.2. The third kappa shape index (κ3) is 3.39. The van der Waals surface area contributed by atoms with Crippen LogP contribution in [-0.2, 0) is 0 Å². The maximum Gasteiger partial charge on any atom is 0.0444 e. The number of hydrogen-bond donors (Lipinski definition) is 1. The molecule has 0 amide bonds. The lowest BCUT2D eigenvalue weighted by molar-refractivity contribution is 1.26. The molecule has 1 aromatic heterocycles.